The summed E-state index contributed by atoms with van der Waals surface area (Å²) in [6.07, 6.45) is -0.0113. The van der Waals surface area contributed by atoms with Gasteiger partial charge in [-0.3, -0.25) is 5.32 Å². The maximum atomic E-state index is 4.24. The highest BCUT2D eigenvalue weighted by atomic mass is 15.3. The van der Waals surface area contributed by atoms with E-state index in [0.29, 0.717) is 0 Å². The van der Waals surface area contributed by atoms with Crippen molar-refractivity contribution in [1.82, 2.24) is 16.0 Å². The molecule has 0 bridgehead atoms. The van der Waals surface area contributed by atoms with E-state index in [2.05, 4.69) is 25.9 Å². The van der Waals surface area contributed by atoms with Crippen LogP contribution in [0.2, 0.25) is 0 Å². The smallest absolute Gasteiger partial charge is 0.200 e. The van der Waals surface area contributed by atoms with Crippen molar-refractivity contribution >= 4 is 11.9 Å². The summed E-state index contributed by atoms with van der Waals surface area (Å²) in [5.74, 6) is 1.54. The van der Waals surface area contributed by atoms with Crippen LogP contribution < -0.4 is 16.0 Å². The first-order valence-corrected chi connectivity index (χ1v) is 4.10. The van der Waals surface area contributed by atoms with Gasteiger partial charge < -0.3 is 10.6 Å². The summed E-state index contributed by atoms with van der Waals surface area (Å²) in [5.41, 5.74) is 0. The van der Waals surface area contributed by atoms with Gasteiger partial charge in [0.2, 0.25) is 0 Å². The van der Waals surface area contributed by atoms with Crippen LogP contribution in [0, 0.1) is 0 Å². The average Bonchev–Trinajstić information content (AvgIpc) is 2.04. The van der Waals surface area contributed by atoms with Crippen molar-refractivity contribution in [2.45, 2.75) is 20.0 Å². The van der Waals surface area contributed by atoms with Crippen LogP contribution in [-0.2, 0) is 0 Å². The summed E-state index contributed by atoms with van der Waals surface area (Å²) in [5, 5.41) is 9.05. The molecule has 3 N–H and O–H groups in total. The summed E-state index contributed by atoms with van der Waals surface area (Å²) in [6, 6.07) is 0. The molecule has 0 aromatic rings. The van der Waals surface area contributed by atoms with Crippen molar-refractivity contribution in [3.05, 3.63) is 0 Å². The molecule has 0 amide bonds. The van der Waals surface area contributed by atoms with Crippen LogP contribution in [0.4, 0.5) is 0 Å². The Hall–Kier alpha value is -1.26. The maximum absolute atomic E-state index is 4.24. The van der Waals surface area contributed by atoms with Gasteiger partial charge in [-0.1, -0.05) is 0 Å². The number of nitrogens with zero attached hydrogens (tertiary/aromatic N) is 2. The minimum absolute atomic E-state index is 0.0113. The fourth-order valence-electron chi connectivity index (χ4n) is 0.964. The molecule has 1 aliphatic heterocycles. The monoisotopic (exact) mass is 169 g/mol. The van der Waals surface area contributed by atoms with E-state index in [4.69, 9.17) is 0 Å². The Morgan fingerprint density at radius 2 is 2.08 bits per heavy atom. The summed E-state index contributed by atoms with van der Waals surface area (Å²) in [7, 11) is 1.83. The Bertz CT molecular complexity index is 208. The Morgan fingerprint density at radius 3 is 2.67 bits per heavy atom. The second-order valence-corrected chi connectivity index (χ2v) is 2.49. The van der Waals surface area contributed by atoms with Gasteiger partial charge in [0.25, 0.3) is 0 Å². The molecule has 0 fully saturated rings. The van der Waals surface area contributed by atoms with Crippen LogP contribution in [-0.4, -0.2) is 31.7 Å². The molecule has 1 rings (SSSR count). The van der Waals surface area contributed by atoms with Gasteiger partial charge >= 0.3 is 0 Å². The first-order chi connectivity index (χ1) is 5.76. The SMILES string of the molecule is CCNC1=NC(C)N=C(NC)N1. The van der Waals surface area contributed by atoms with Gasteiger partial charge in [-0.2, -0.15) is 0 Å². The molecule has 0 saturated carbocycles. The molecule has 1 atom stereocenters. The number of rotatable bonds is 1. The van der Waals surface area contributed by atoms with Crippen LogP contribution in [0.5, 0.6) is 0 Å². The van der Waals surface area contributed by atoms with Gasteiger partial charge in [0.1, 0.15) is 6.17 Å². The molecule has 68 valence electrons. The van der Waals surface area contributed by atoms with E-state index < -0.39 is 0 Å². The van der Waals surface area contributed by atoms with Gasteiger partial charge in [-0.25, -0.2) is 9.98 Å². The highest BCUT2D eigenvalue weighted by molar-refractivity contribution is 5.99. The molecule has 5 heteroatoms. The van der Waals surface area contributed by atoms with Gasteiger partial charge in [0, 0.05) is 13.6 Å². The zero-order valence-corrected chi connectivity index (χ0v) is 7.68. The molecule has 0 aromatic heterocycles. The lowest BCUT2D eigenvalue weighted by atomic mass is 10.5. The molecule has 1 aliphatic rings. The second kappa shape index (κ2) is 3.94. The third-order valence-electron chi connectivity index (χ3n) is 1.45. The molecule has 0 saturated heterocycles. The lowest BCUT2D eigenvalue weighted by Crippen LogP contribution is -2.49. The van der Waals surface area contributed by atoms with E-state index in [-0.39, 0.29) is 6.17 Å². The number of guanidine groups is 2. The van der Waals surface area contributed by atoms with Gasteiger partial charge in [0.05, 0.1) is 0 Å². The predicted octanol–water partition coefficient (Wildman–Crippen LogP) is -0.523. The Balaban J connectivity index is 2.57. The van der Waals surface area contributed by atoms with Crippen molar-refractivity contribution in [3.8, 4) is 0 Å². The molecule has 0 aliphatic carbocycles. The zero-order valence-electron chi connectivity index (χ0n) is 7.68. The van der Waals surface area contributed by atoms with Crippen LogP contribution in [0.3, 0.4) is 0 Å². The molecule has 0 spiro atoms. The average molecular weight is 169 g/mol. The Kier molecular flexibility index (Phi) is 2.90. The zero-order chi connectivity index (χ0) is 8.97. The summed E-state index contributed by atoms with van der Waals surface area (Å²) >= 11 is 0. The first kappa shape index (κ1) is 8.83. The number of aliphatic imine (C=N–C) groups is 2. The van der Waals surface area contributed by atoms with E-state index >= 15 is 0 Å². The molecule has 12 heavy (non-hydrogen) atoms. The summed E-state index contributed by atoms with van der Waals surface area (Å²) < 4.78 is 0. The second-order valence-electron chi connectivity index (χ2n) is 2.49. The van der Waals surface area contributed by atoms with Gasteiger partial charge in [-0.15, -0.1) is 0 Å². The fourth-order valence-corrected chi connectivity index (χ4v) is 0.964. The minimum atomic E-state index is -0.0113. The standard InChI is InChI=1S/C7H15N5/c1-4-9-7-11-5(2)10-6(8-3)12-7/h5H,4H2,1-3H3,(H3,8,9,10,11,12). The number of nitrogens with one attached hydrogen (secondary N) is 3. The quantitative estimate of drug-likeness (QED) is 0.495. The third-order valence-corrected chi connectivity index (χ3v) is 1.45. The van der Waals surface area contributed by atoms with Gasteiger partial charge in [0.15, 0.2) is 11.9 Å². The highest BCUT2D eigenvalue weighted by Crippen LogP contribution is 1.95. The van der Waals surface area contributed by atoms with Crippen LogP contribution >= 0.6 is 0 Å². The van der Waals surface area contributed by atoms with E-state index in [9.17, 15) is 0 Å². The van der Waals surface area contributed by atoms with Crippen molar-refractivity contribution in [2.75, 3.05) is 13.6 Å². The summed E-state index contributed by atoms with van der Waals surface area (Å²) in [6.45, 7) is 4.82. The molecule has 5 nitrogen and oxygen atoms in total. The lowest BCUT2D eigenvalue weighted by Gasteiger charge is -2.18. The maximum Gasteiger partial charge on any atom is 0.200 e. The Morgan fingerprint density at radius 1 is 1.42 bits per heavy atom. The molecule has 0 radical (unpaired) electrons. The van der Waals surface area contributed by atoms with Crippen molar-refractivity contribution in [2.24, 2.45) is 9.98 Å². The summed E-state index contributed by atoms with van der Waals surface area (Å²) in [4.78, 5) is 8.44. The van der Waals surface area contributed by atoms with Gasteiger partial charge in [-0.05, 0) is 13.8 Å². The van der Waals surface area contributed by atoms with Crippen LogP contribution in [0.15, 0.2) is 9.98 Å². The van der Waals surface area contributed by atoms with E-state index in [1.54, 1.807) is 0 Å². The van der Waals surface area contributed by atoms with Crippen molar-refractivity contribution in [3.63, 3.8) is 0 Å². The van der Waals surface area contributed by atoms with Crippen molar-refractivity contribution in [1.29, 1.82) is 0 Å². The topological polar surface area (TPSA) is 60.8 Å². The molecular weight excluding hydrogens is 154 g/mol. The van der Waals surface area contributed by atoms with Crippen LogP contribution in [0.25, 0.3) is 0 Å². The van der Waals surface area contributed by atoms with Crippen molar-refractivity contribution < 1.29 is 0 Å². The highest BCUT2D eigenvalue weighted by Gasteiger charge is 2.10. The molecular formula is C7H15N5. The molecule has 0 aromatic carbocycles. The molecule has 1 heterocycles. The normalized spacial score (nSPS) is 22.1. The fraction of sp³-hybridized carbons (Fsp3) is 0.714. The van der Waals surface area contributed by atoms with E-state index in [0.717, 1.165) is 18.5 Å². The number of hydrogen-bond donors (Lipinski definition) is 3. The van der Waals surface area contributed by atoms with Crippen LogP contribution in [0.1, 0.15) is 13.8 Å². The lowest BCUT2D eigenvalue weighted by molar-refractivity contribution is 0.735. The van der Waals surface area contributed by atoms with E-state index in [1.165, 1.54) is 0 Å². The largest absolute Gasteiger partial charge is 0.359 e. The minimum Gasteiger partial charge on any atom is -0.359 e. The Labute approximate surface area is 72.4 Å². The van der Waals surface area contributed by atoms with E-state index in [1.807, 2.05) is 20.9 Å². The third kappa shape index (κ3) is 2.11. The first-order valence-electron chi connectivity index (χ1n) is 4.10. The number of hydrogen-bond acceptors (Lipinski definition) is 5. The molecule has 1 unspecified atom stereocenters. The predicted molar refractivity (Wildman–Crippen MR) is 50.2 cm³/mol.